The zero-order chi connectivity index (χ0) is 20.2. The minimum Gasteiger partial charge on any atom is -0.448 e. The molecular formula is C22H27N5O2. The number of rotatable bonds is 8. The molecule has 1 amide bonds. The Kier molecular flexibility index (Phi) is 5.76. The van der Waals surface area contributed by atoms with E-state index in [0.29, 0.717) is 24.4 Å². The van der Waals surface area contributed by atoms with Crippen LogP contribution in [-0.2, 0) is 19.5 Å². The number of nitrogens with one attached hydrogen (secondary N) is 1. The van der Waals surface area contributed by atoms with Crippen LogP contribution >= 0.6 is 0 Å². The molecule has 1 aliphatic heterocycles. The predicted octanol–water partition coefficient (Wildman–Crippen LogP) is 3.32. The lowest BCUT2D eigenvalue weighted by Crippen LogP contribution is -2.25. The molecule has 0 saturated heterocycles. The van der Waals surface area contributed by atoms with E-state index in [0.717, 1.165) is 55.2 Å². The Labute approximate surface area is 170 Å². The van der Waals surface area contributed by atoms with Crippen molar-refractivity contribution < 1.29 is 9.21 Å². The van der Waals surface area contributed by atoms with Crippen molar-refractivity contribution in [2.45, 2.75) is 46.2 Å². The van der Waals surface area contributed by atoms with Gasteiger partial charge in [-0.1, -0.05) is 26.0 Å². The molecule has 0 fully saturated rings. The van der Waals surface area contributed by atoms with E-state index in [1.807, 2.05) is 28.8 Å². The maximum absolute atomic E-state index is 12.4. The van der Waals surface area contributed by atoms with Crippen LogP contribution in [0.3, 0.4) is 0 Å². The highest BCUT2D eigenvalue weighted by molar-refractivity contribution is 5.98. The monoisotopic (exact) mass is 393 g/mol. The van der Waals surface area contributed by atoms with Gasteiger partial charge in [0.15, 0.2) is 5.89 Å². The van der Waals surface area contributed by atoms with Crippen LogP contribution in [0.15, 0.2) is 41.3 Å². The van der Waals surface area contributed by atoms with Crippen molar-refractivity contribution in [2.24, 2.45) is 0 Å². The van der Waals surface area contributed by atoms with Gasteiger partial charge < -0.3 is 14.3 Å². The molecule has 0 aliphatic carbocycles. The summed E-state index contributed by atoms with van der Waals surface area (Å²) in [5.74, 6) is 0.582. The summed E-state index contributed by atoms with van der Waals surface area (Å²) in [7, 11) is 0. The molecule has 0 saturated carbocycles. The van der Waals surface area contributed by atoms with E-state index in [1.165, 1.54) is 0 Å². The van der Waals surface area contributed by atoms with Crippen molar-refractivity contribution >= 4 is 5.91 Å². The summed E-state index contributed by atoms with van der Waals surface area (Å²) in [5.41, 5.74) is 4.28. The number of benzene rings is 1. The first kappa shape index (κ1) is 19.4. The molecule has 4 rings (SSSR count). The fraction of sp³-hybridized carbons (Fsp3) is 0.409. The molecule has 0 spiro atoms. The van der Waals surface area contributed by atoms with Crippen molar-refractivity contribution in [1.29, 1.82) is 0 Å². The van der Waals surface area contributed by atoms with Crippen LogP contribution in [0.1, 0.15) is 60.0 Å². The summed E-state index contributed by atoms with van der Waals surface area (Å²) < 4.78 is 7.72. The van der Waals surface area contributed by atoms with Crippen molar-refractivity contribution in [3.63, 3.8) is 0 Å². The standard InChI is InChI=1S/C22H27N5O2/c1-3-9-26(10-4-2)13-16-14-29-21(25-16)11-18-20-12-23-22(28)17-7-5-6-8-19(17)27(20)15-24-18/h5-8,14-15H,3-4,9-13H2,1-2H3,(H,23,28). The first-order chi connectivity index (χ1) is 14.2. The van der Waals surface area contributed by atoms with Gasteiger partial charge in [-0.05, 0) is 38.1 Å². The number of hydrogen-bond donors (Lipinski definition) is 1. The lowest BCUT2D eigenvalue weighted by Gasteiger charge is -2.19. The third kappa shape index (κ3) is 4.10. The van der Waals surface area contributed by atoms with Crippen LogP contribution in [0.5, 0.6) is 0 Å². The van der Waals surface area contributed by atoms with Gasteiger partial charge in [-0.2, -0.15) is 0 Å². The highest BCUT2D eigenvalue weighted by Gasteiger charge is 2.23. The first-order valence-electron chi connectivity index (χ1n) is 10.3. The second-order valence-electron chi connectivity index (χ2n) is 7.39. The molecule has 1 N–H and O–H groups in total. The molecule has 3 heterocycles. The number of carbonyl (C=O) groups excluding carboxylic acids is 1. The number of hydrogen-bond acceptors (Lipinski definition) is 5. The molecule has 2 aromatic heterocycles. The van der Waals surface area contributed by atoms with Gasteiger partial charge in [0.25, 0.3) is 5.91 Å². The molecule has 0 bridgehead atoms. The van der Waals surface area contributed by atoms with E-state index in [-0.39, 0.29) is 5.91 Å². The maximum atomic E-state index is 12.4. The fourth-order valence-electron chi connectivity index (χ4n) is 3.87. The fourth-order valence-corrected chi connectivity index (χ4v) is 3.87. The topological polar surface area (TPSA) is 76.2 Å². The number of amides is 1. The Morgan fingerprint density at radius 2 is 2.00 bits per heavy atom. The van der Waals surface area contributed by atoms with Gasteiger partial charge >= 0.3 is 0 Å². The minimum absolute atomic E-state index is 0.0689. The smallest absolute Gasteiger partial charge is 0.253 e. The van der Waals surface area contributed by atoms with Gasteiger partial charge in [0.2, 0.25) is 0 Å². The van der Waals surface area contributed by atoms with Crippen molar-refractivity contribution in [3.05, 3.63) is 65.4 Å². The Morgan fingerprint density at radius 3 is 2.79 bits per heavy atom. The molecule has 0 unspecified atom stereocenters. The Balaban J connectivity index is 1.54. The average molecular weight is 393 g/mol. The van der Waals surface area contributed by atoms with Gasteiger partial charge in [0.1, 0.15) is 6.26 Å². The Morgan fingerprint density at radius 1 is 1.21 bits per heavy atom. The molecule has 1 aromatic carbocycles. The van der Waals surface area contributed by atoms with Crippen LogP contribution in [0.2, 0.25) is 0 Å². The lowest BCUT2D eigenvalue weighted by molar-refractivity contribution is 0.0952. The van der Waals surface area contributed by atoms with E-state index < -0.39 is 0 Å². The minimum atomic E-state index is -0.0689. The van der Waals surface area contributed by atoms with E-state index in [9.17, 15) is 4.79 Å². The molecule has 3 aromatic rings. The van der Waals surface area contributed by atoms with Gasteiger partial charge in [-0.3, -0.25) is 9.69 Å². The summed E-state index contributed by atoms with van der Waals surface area (Å²) in [5, 5.41) is 2.97. The molecule has 0 radical (unpaired) electrons. The summed E-state index contributed by atoms with van der Waals surface area (Å²) in [6.07, 6.45) is 6.27. The third-order valence-corrected chi connectivity index (χ3v) is 5.16. The molecule has 1 aliphatic rings. The number of aromatic nitrogens is 3. The highest BCUT2D eigenvalue weighted by atomic mass is 16.3. The van der Waals surface area contributed by atoms with Gasteiger partial charge in [-0.25, -0.2) is 9.97 Å². The first-order valence-corrected chi connectivity index (χ1v) is 10.3. The summed E-state index contributed by atoms with van der Waals surface area (Å²) in [6, 6.07) is 7.57. The zero-order valence-corrected chi connectivity index (χ0v) is 17.0. The average Bonchev–Trinajstić information content (AvgIpc) is 3.30. The van der Waals surface area contributed by atoms with Crippen LogP contribution < -0.4 is 5.32 Å². The van der Waals surface area contributed by atoms with E-state index in [4.69, 9.17) is 4.42 Å². The summed E-state index contributed by atoms with van der Waals surface area (Å²) >= 11 is 0. The maximum Gasteiger partial charge on any atom is 0.253 e. The molecule has 7 heteroatoms. The number of carbonyl (C=O) groups is 1. The van der Waals surface area contributed by atoms with Crippen LogP contribution in [-0.4, -0.2) is 38.4 Å². The number of fused-ring (bicyclic) bond motifs is 3. The number of imidazole rings is 1. The third-order valence-electron chi connectivity index (χ3n) is 5.16. The van der Waals surface area contributed by atoms with Crippen molar-refractivity contribution in [3.8, 4) is 5.69 Å². The highest BCUT2D eigenvalue weighted by Crippen LogP contribution is 2.23. The Hall–Kier alpha value is -2.93. The van der Waals surface area contributed by atoms with E-state index in [1.54, 1.807) is 12.6 Å². The molecule has 0 atom stereocenters. The number of nitrogens with zero attached hydrogens (tertiary/aromatic N) is 4. The number of para-hydroxylation sites is 1. The van der Waals surface area contributed by atoms with Crippen molar-refractivity contribution in [2.75, 3.05) is 13.1 Å². The quantitative estimate of drug-likeness (QED) is 0.635. The molecule has 29 heavy (non-hydrogen) atoms. The second-order valence-corrected chi connectivity index (χ2v) is 7.39. The van der Waals surface area contributed by atoms with E-state index >= 15 is 0 Å². The van der Waals surface area contributed by atoms with Crippen molar-refractivity contribution in [1.82, 2.24) is 24.8 Å². The molecular weight excluding hydrogens is 366 g/mol. The normalized spacial score (nSPS) is 13.1. The van der Waals surface area contributed by atoms with Crippen LogP contribution in [0.25, 0.3) is 5.69 Å². The van der Waals surface area contributed by atoms with E-state index in [2.05, 4.69) is 34.0 Å². The summed E-state index contributed by atoms with van der Waals surface area (Å²) in [4.78, 5) is 24.0. The predicted molar refractivity (Wildman–Crippen MR) is 110 cm³/mol. The van der Waals surface area contributed by atoms with Crippen LogP contribution in [0.4, 0.5) is 0 Å². The zero-order valence-electron chi connectivity index (χ0n) is 17.0. The molecule has 7 nitrogen and oxygen atoms in total. The SMILES string of the molecule is CCCN(CCC)Cc1coc(Cc2ncn3c2CNC(=O)c2ccccc2-3)n1. The molecule has 152 valence electrons. The van der Waals surface area contributed by atoms with Gasteiger partial charge in [0, 0.05) is 6.54 Å². The second kappa shape index (κ2) is 8.61. The Bertz CT molecular complexity index is 985. The summed E-state index contributed by atoms with van der Waals surface area (Å²) in [6.45, 7) is 7.73. The van der Waals surface area contributed by atoms with Gasteiger partial charge in [-0.15, -0.1) is 0 Å². The van der Waals surface area contributed by atoms with Gasteiger partial charge in [0.05, 0.1) is 47.6 Å². The van der Waals surface area contributed by atoms with Crippen LogP contribution in [0, 0.1) is 0 Å². The largest absolute Gasteiger partial charge is 0.448 e. The number of oxazole rings is 1. The lowest BCUT2D eigenvalue weighted by atomic mass is 10.1.